The van der Waals surface area contributed by atoms with Crippen molar-refractivity contribution >= 4 is 11.9 Å². The van der Waals surface area contributed by atoms with E-state index < -0.39 is 11.9 Å². The van der Waals surface area contributed by atoms with Crippen molar-refractivity contribution in [3.8, 4) is 16.9 Å². The molecule has 0 amide bonds. The maximum absolute atomic E-state index is 12.6. The van der Waals surface area contributed by atoms with E-state index in [0.29, 0.717) is 11.4 Å². The van der Waals surface area contributed by atoms with Crippen LogP contribution in [0.25, 0.3) is 16.9 Å². The molecule has 0 bridgehead atoms. The molecule has 0 spiro atoms. The molecular weight excluding hydrogens is 356 g/mol. The van der Waals surface area contributed by atoms with Crippen LogP contribution in [-0.2, 0) is 15.9 Å². The Morgan fingerprint density at radius 2 is 1.57 bits per heavy atom. The largest absolute Gasteiger partial charge is 0.465 e. The summed E-state index contributed by atoms with van der Waals surface area (Å²) >= 11 is 0. The number of esters is 2. The molecule has 6 nitrogen and oxygen atoms in total. The SMILES string of the molecule is CCCc1ccc(-c2nn(-c3ccccc3)c(C(=O)OC)c2C(=O)OC)cc1. The van der Waals surface area contributed by atoms with Crippen LogP contribution in [0.15, 0.2) is 54.6 Å². The van der Waals surface area contributed by atoms with Gasteiger partial charge in [0.2, 0.25) is 0 Å². The Morgan fingerprint density at radius 1 is 0.929 bits per heavy atom. The number of aryl methyl sites for hydroxylation is 1. The van der Waals surface area contributed by atoms with Crippen LogP contribution in [0.1, 0.15) is 39.8 Å². The number of rotatable bonds is 6. The van der Waals surface area contributed by atoms with E-state index in [2.05, 4.69) is 12.0 Å². The lowest BCUT2D eigenvalue weighted by molar-refractivity contribution is 0.0549. The van der Waals surface area contributed by atoms with E-state index in [1.807, 2.05) is 42.5 Å². The Morgan fingerprint density at radius 3 is 2.14 bits per heavy atom. The lowest BCUT2D eigenvalue weighted by Gasteiger charge is -2.07. The van der Waals surface area contributed by atoms with Crippen LogP contribution in [0.3, 0.4) is 0 Å². The lowest BCUT2D eigenvalue weighted by Crippen LogP contribution is -2.15. The van der Waals surface area contributed by atoms with Crippen molar-refractivity contribution < 1.29 is 19.1 Å². The Balaban J connectivity index is 2.25. The topological polar surface area (TPSA) is 70.4 Å². The van der Waals surface area contributed by atoms with Gasteiger partial charge >= 0.3 is 11.9 Å². The highest BCUT2D eigenvalue weighted by Gasteiger charge is 2.31. The first-order valence-corrected chi connectivity index (χ1v) is 9.05. The maximum Gasteiger partial charge on any atom is 0.357 e. The minimum Gasteiger partial charge on any atom is -0.465 e. The summed E-state index contributed by atoms with van der Waals surface area (Å²) in [5.41, 5.74) is 3.05. The zero-order valence-corrected chi connectivity index (χ0v) is 16.1. The van der Waals surface area contributed by atoms with Gasteiger partial charge in [0.25, 0.3) is 0 Å². The Labute approximate surface area is 163 Å². The predicted molar refractivity (Wildman–Crippen MR) is 106 cm³/mol. The fraction of sp³-hybridized carbons (Fsp3) is 0.227. The van der Waals surface area contributed by atoms with E-state index in [0.717, 1.165) is 18.4 Å². The molecule has 0 radical (unpaired) electrons. The van der Waals surface area contributed by atoms with Gasteiger partial charge in [-0.25, -0.2) is 14.3 Å². The van der Waals surface area contributed by atoms with E-state index in [4.69, 9.17) is 9.47 Å². The summed E-state index contributed by atoms with van der Waals surface area (Å²) in [4.78, 5) is 25.1. The first-order valence-electron chi connectivity index (χ1n) is 9.05. The van der Waals surface area contributed by atoms with Crippen LogP contribution in [-0.4, -0.2) is 35.9 Å². The molecule has 0 aliphatic rings. The third-order valence-electron chi connectivity index (χ3n) is 4.42. The van der Waals surface area contributed by atoms with Crippen LogP contribution >= 0.6 is 0 Å². The van der Waals surface area contributed by atoms with E-state index >= 15 is 0 Å². The summed E-state index contributed by atoms with van der Waals surface area (Å²) in [6.07, 6.45) is 2.01. The van der Waals surface area contributed by atoms with E-state index in [-0.39, 0.29) is 11.3 Å². The van der Waals surface area contributed by atoms with Crippen molar-refractivity contribution in [2.45, 2.75) is 19.8 Å². The molecule has 0 aliphatic carbocycles. The van der Waals surface area contributed by atoms with E-state index in [1.165, 1.54) is 24.5 Å². The summed E-state index contributed by atoms with van der Waals surface area (Å²) in [5.74, 6) is -1.30. The molecule has 3 aromatic rings. The fourth-order valence-electron chi connectivity index (χ4n) is 3.07. The number of aromatic nitrogens is 2. The first-order chi connectivity index (χ1) is 13.6. The van der Waals surface area contributed by atoms with Crippen LogP contribution < -0.4 is 0 Å². The number of carbonyl (C=O) groups is 2. The van der Waals surface area contributed by atoms with Crippen LogP contribution in [0.4, 0.5) is 0 Å². The molecule has 3 rings (SSSR count). The lowest BCUT2D eigenvalue weighted by atomic mass is 10.0. The van der Waals surface area contributed by atoms with Gasteiger partial charge in [-0.2, -0.15) is 5.10 Å². The van der Waals surface area contributed by atoms with E-state index in [1.54, 1.807) is 12.1 Å². The fourth-order valence-corrected chi connectivity index (χ4v) is 3.07. The van der Waals surface area contributed by atoms with Crippen molar-refractivity contribution in [3.05, 3.63) is 71.4 Å². The van der Waals surface area contributed by atoms with Gasteiger partial charge in [0.15, 0.2) is 5.69 Å². The number of nitrogens with zero attached hydrogens (tertiary/aromatic N) is 2. The highest BCUT2D eigenvalue weighted by atomic mass is 16.5. The summed E-state index contributed by atoms with van der Waals surface area (Å²) in [6, 6.07) is 16.9. The third kappa shape index (κ3) is 3.67. The molecule has 0 aliphatic heterocycles. The molecule has 2 aromatic carbocycles. The minimum absolute atomic E-state index is 0.0354. The maximum atomic E-state index is 12.6. The van der Waals surface area contributed by atoms with Gasteiger partial charge in [0.05, 0.1) is 19.9 Å². The molecule has 144 valence electrons. The normalized spacial score (nSPS) is 10.5. The number of hydrogen-bond donors (Lipinski definition) is 0. The first kappa shape index (κ1) is 19.4. The molecular formula is C22H22N2O4. The average Bonchev–Trinajstić information content (AvgIpc) is 3.14. The van der Waals surface area contributed by atoms with Gasteiger partial charge in [0, 0.05) is 5.56 Å². The van der Waals surface area contributed by atoms with Crippen LogP contribution in [0.2, 0.25) is 0 Å². The molecule has 0 unspecified atom stereocenters. The van der Waals surface area contributed by atoms with Crippen molar-refractivity contribution in [3.63, 3.8) is 0 Å². The zero-order chi connectivity index (χ0) is 20.1. The number of hydrogen-bond acceptors (Lipinski definition) is 5. The van der Waals surface area contributed by atoms with Gasteiger partial charge in [-0.1, -0.05) is 55.8 Å². The standard InChI is InChI=1S/C22H22N2O4/c1-4-8-15-11-13-16(14-12-15)19-18(21(25)27-2)20(22(26)28-3)24(23-19)17-9-6-5-7-10-17/h5-7,9-14H,4,8H2,1-3H3. The number of ether oxygens (including phenoxy) is 2. The predicted octanol–water partition coefficient (Wildman–Crippen LogP) is 4.07. The zero-order valence-electron chi connectivity index (χ0n) is 16.1. The molecule has 6 heteroatoms. The average molecular weight is 378 g/mol. The van der Waals surface area contributed by atoms with E-state index in [9.17, 15) is 9.59 Å². The summed E-state index contributed by atoms with van der Waals surface area (Å²) in [7, 11) is 2.54. The third-order valence-corrected chi connectivity index (χ3v) is 4.42. The molecule has 0 saturated carbocycles. The smallest absolute Gasteiger partial charge is 0.357 e. The second-order valence-electron chi connectivity index (χ2n) is 6.25. The highest BCUT2D eigenvalue weighted by Crippen LogP contribution is 2.29. The van der Waals surface area contributed by atoms with Gasteiger partial charge in [0.1, 0.15) is 11.3 Å². The molecule has 28 heavy (non-hydrogen) atoms. The molecule has 1 heterocycles. The van der Waals surface area contributed by atoms with Crippen molar-refractivity contribution in [2.75, 3.05) is 14.2 Å². The van der Waals surface area contributed by atoms with Crippen molar-refractivity contribution in [1.82, 2.24) is 9.78 Å². The van der Waals surface area contributed by atoms with Gasteiger partial charge in [-0.15, -0.1) is 0 Å². The van der Waals surface area contributed by atoms with Crippen molar-refractivity contribution in [2.24, 2.45) is 0 Å². The molecule has 0 atom stereocenters. The molecule has 0 fully saturated rings. The molecule has 0 N–H and O–H groups in total. The number of para-hydroxylation sites is 1. The number of methoxy groups -OCH3 is 2. The second-order valence-corrected chi connectivity index (χ2v) is 6.25. The van der Waals surface area contributed by atoms with Gasteiger partial charge in [-0.3, -0.25) is 0 Å². The van der Waals surface area contributed by atoms with Crippen LogP contribution in [0, 0.1) is 0 Å². The highest BCUT2D eigenvalue weighted by molar-refractivity contribution is 6.06. The Bertz CT molecular complexity index is 976. The van der Waals surface area contributed by atoms with Gasteiger partial charge < -0.3 is 9.47 Å². The number of carbonyl (C=O) groups excluding carboxylic acids is 2. The minimum atomic E-state index is -0.661. The Hall–Kier alpha value is -3.41. The second kappa shape index (κ2) is 8.52. The number of benzene rings is 2. The summed E-state index contributed by atoms with van der Waals surface area (Å²) in [6.45, 7) is 2.12. The quantitative estimate of drug-likeness (QED) is 0.605. The van der Waals surface area contributed by atoms with Crippen molar-refractivity contribution in [1.29, 1.82) is 0 Å². The Kier molecular flexibility index (Phi) is 5.89. The summed E-state index contributed by atoms with van der Waals surface area (Å²) < 4.78 is 11.3. The van der Waals surface area contributed by atoms with Crippen LogP contribution in [0.5, 0.6) is 0 Å². The van der Waals surface area contributed by atoms with Gasteiger partial charge in [-0.05, 0) is 24.1 Å². The molecule has 1 aromatic heterocycles. The summed E-state index contributed by atoms with van der Waals surface area (Å²) in [5, 5.41) is 4.58. The molecule has 0 saturated heterocycles. The monoisotopic (exact) mass is 378 g/mol.